The van der Waals surface area contributed by atoms with E-state index in [4.69, 9.17) is 27.7 Å². The molecule has 0 radical (unpaired) electrons. The van der Waals surface area contributed by atoms with Crippen LogP contribution in [0.1, 0.15) is 31.3 Å². The van der Waals surface area contributed by atoms with Crippen molar-refractivity contribution in [2.24, 2.45) is 0 Å². The third-order valence-corrected chi connectivity index (χ3v) is 4.43. The molecular weight excluding hydrogens is 413 g/mol. The molecule has 1 unspecified atom stereocenters. The van der Waals surface area contributed by atoms with E-state index >= 15 is 0 Å². The first-order valence-electron chi connectivity index (χ1n) is 9.06. The van der Waals surface area contributed by atoms with Crippen molar-refractivity contribution < 1.29 is 9.32 Å². The molecule has 152 valence electrons. The van der Waals surface area contributed by atoms with Crippen LogP contribution in [0.4, 0.5) is 16.5 Å². The molecule has 2 aromatic carbocycles. The van der Waals surface area contributed by atoms with Gasteiger partial charge in [-0.3, -0.25) is 0 Å². The Bertz CT molecular complexity index is 942. The Hall–Kier alpha value is -2.77. The Labute approximate surface area is 178 Å². The van der Waals surface area contributed by atoms with Crippen LogP contribution in [0.5, 0.6) is 0 Å². The molecule has 0 saturated heterocycles. The summed E-state index contributed by atoms with van der Waals surface area (Å²) in [7, 11) is 0. The lowest BCUT2D eigenvalue weighted by molar-refractivity contribution is 0.247. The summed E-state index contributed by atoms with van der Waals surface area (Å²) in [6, 6.07) is 13.7. The maximum Gasteiger partial charge on any atom is 0.321 e. The first-order chi connectivity index (χ1) is 13.9. The first-order valence-corrected chi connectivity index (χ1v) is 9.82. The summed E-state index contributed by atoms with van der Waals surface area (Å²) in [4.78, 5) is 16.9. The fourth-order valence-electron chi connectivity index (χ4n) is 2.60. The van der Waals surface area contributed by atoms with Gasteiger partial charge in [0, 0.05) is 28.2 Å². The van der Waals surface area contributed by atoms with E-state index in [1.54, 1.807) is 36.4 Å². The smallest absolute Gasteiger partial charge is 0.321 e. The summed E-state index contributed by atoms with van der Waals surface area (Å²) in [5.41, 5.74) is 1.58. The number of nitrogens with zero attached hydrogens (tertiary/aromatic N) is 2. The van der Waals surface area contributed by atoms with Crippen molar-refractivity contribution in [2.45, 2.75) is 32.4 Å². The average Bonchev–Trinajstić information content (AvgIpc) is 3.12. The zero-order chi connectivity index (χ0) is 20.8. The molecule has 1 heterocycles. The van der Waals surface area contributed by atoms with Gasteiger partial charge in [-0.05, 0) is 55.8 Å². The van der Waals surface area contributed by atoms with Gasteiger partial charge in [0.05, 0.1) is 6.04 Å². The molecule has 29 heavy (non-hydrogen) atoms. The van der Waals surface area contributed by atoms with Crippen LogP contribution in [0.2, 0.25) is 10.0 Å². The van der Waals surface area contributed by atoms with Gasteiger partial charge >= 0.3 is 12.0 Å². The van der Waals surface area contributed by atoms with Gasteiger partial charge in [0.1, 0.15) is 0 Å². The summed E-state index contributed by atoms with van der Waals surface area (Å²) in [5, 5.41) is 14.0. The summed E-state index contributed by atoms with van der Waals surface area (Å²) in [6.07, 6.45) is 0.464. The largest absolute Gasteiger partial charge is 0.336 e. The number of aromatic nitrogens is 2. The number of hydrogen-bond donors (Lipinski definition) is 3. The van der Waals surface area contributed by atoms with Crippen LogP contribution < -0.4 is 16.0 Å². The quantitative estimate of drug-likeness (QED) is 0.469. The van der Waals surface area contributed by atoms with Crippen molar-refractivity contribution in [2.75, 3.05) is 10.6 Å². The maximum absolute atomic E-state index is 12.5. The molecule has 0 spiro atoms. The molecule has 3 rings (SSSR count). The second-order valence-electron chi connectivity index (χ2n) is 6.75. The van der Waals surface area contributed by atoms with E-state index in [1.165, 1.54) is 0 Å². The number of carbonyl (C=O) groups is 1. The van der Waals surface area contributed by atoms with Gasteiger partial charge in [-0.1, -0.05) is 40.5 Å². The Morgan fingerprint density at radius 3 is 2.28 bits per heavy atom. The molecular formula is C20H21Cl2N5O2. The standard InChI is InChI=1S/C20H21Cl2N5O2/c1-12(2)23-20-26-18(27-29-20)17(11-13-3-5-14(21)6-4-13)25-19(28)24-16-9-7-15(22)8-10-16/h3-10,12,17H,11H2,1-2H3,(H,23,26,27)(H2,24,25,28). The van der Waals surface area contributed by atoms with Crippen molar-refractivity contribution >= 4 is 40.9 Å². The number of halogens is 2. The van der Waals surface area contributed by atoms with Crippen LogP contribution >= 0.6 is 23.2 Å². The van der Waals surface area contributed by atoms with Crippen LogP contribution in [-0.4, -0.2) is 22.2 Å². The van der Waals surface area contributed by atoms with Gasteiger partial charge < -0.3 is 20.5 Å². The topological polar surface area (TPSA) is 92.1 Å². The lowest BCUT2D eigenvalue weighted by atomic mass is 10.1. The minimum atomic E-state index is -0.505. The summed E-state index contributed by atoms with van der Waals surface area (Å²) < 4.78 is 5.25. The van der Waals surface area contributed by atoms with Crippen LogP contribution in [0.15, 0.2) is 53.1 Å². The molecule has 1 atom stereocenters. The second-order valence-corrected chi connectivity index (χ2v) is 7.62. The minimum absolute atomic E-state index is 0.138. The van der Waals surface area contributed by atoms with Crippen LogP contribution in [-0.2, 0) is 6.42 Å². The molecule has 9 heteroatoms. The zero-order valence-electron chi connectivity index (χ0n) is 15.9. The highest BCUT2D eigenvalue weighted by Gasteiger charge is 2.22. The molecule has 0 saturated carbocycles. The van der Waals surface area contributed by atoms with Gasteiger partial charge in [-0.15, -0.1) is 0 Å². The van der Waals surface area contributed by atoms with E-state index < -0.39 is 12.1 Å². The fourth-order valence-corrected chi connectivity index (χ4v) is 2.86. The van der Waals surface area contributed by atoms with E-state index in [1.807, 2.05) is 26.0 Å². The molecule has 3 aromatic rings. The zero-order valence-corrected chi connectivity index (χ0v) is 17.5. The Morgan fingerprint density at radius 2 is 1.66 bits per heavy atom. The summed E-state index contributed by atoms with van der Waals surface area (Å²) >= 11 is 11.8. The van der Waals surface area contributed by atoms with Gasteiger partial charge in [-0.25, -0.2) is 4.79 Å². The minimum Gasteiger partial charge on any atom is -0.336 e. The number of rotatable bonds is 7. The van der Waals surface area contributed by atoms with Crippen molar-refractivity contribution in [3.05, 3.63) is 70.0 Å². The first kappa shape index (κ1) is 21.0. The number of amides is 2. The van der Waals surface area contributed by atoms with E-state index in [0.29, 0.717) is 34.0 Å². The summed E-state index contributed by atoms with van der Waals surface area (Å²) in [5.74, 6) is 0.370. The molecule has 2 amide bonds. The van der Waals surface area contributed by atoms with Crippen molar-refractivity contribution in [1.82, 2.24) is 15.5 Å². The van der Waals surface area contributed by atoms with Crippen LogP contribution in [0.3, 0.4) is 0 Å². The predicted molar refractivity (Wildman–Crippen MR) is 115 cm³/mol. The number of carbonyl (C=O) groups excluding carboxylic acids is 1. The molecule has 0 fully saturated rings. The molecule has 0 bridgehead atoms. The number of urea groups is 1. The molecule has 3 N–H and O–H groups in total. The van der Waals surface area contributed by atoms with Crippen LogP contribution in [0, 0.1) is 0 Å². The number of anilines is 2. The maximum atomic E-state index is 12.5. The normalized spacial score (nSPS) is 11.9. The highest BCUT2D eigenvalue weighted by Crippen LogP contribution is 2.20. The van der Waals surface area contributed by atoms with Gasteiger partial charge in [-0.2, -0.15) is 4.98 Å². The Balaban J connectivity index is 1.75. The van der Waals surface area contributed by atoms with E-state index in [-0.39, 0.29) is 6.04 Å². The molecule has 1 aromatic heterocycles. The van der Waals surface area contributed by atoms with Crippen molar-refractivity contribution in [3.8, 4) is 0 Å². The van der Waals surface area contributed by atoms with Gasteiger partial charge in [0.2, 0.25) is 0 Å². The predicted octanol–water partition coefficient (Wildman–Crippen LogP) is 5.30. The van der Waals surface area contributed by atoms with Crippen molar-refractivity contribution in [3.63, 3.8) is 0 Å². The van der Waals surface area contributed by atoms with E-state index in [9.17, 15) is 4.79 Å². The monoisotopic (exact) mass is 433 g/mol. The average molecular weight is 434 g/mol. The van der Waals surface area contributed by atoms with Crippen LogP contribution in [0.25, 0.3) is 0 Å². The van der Waals surface area contributed by atoms with E-state index in [0.717, 1.165) is 5.56 Å². The van der Waals surface area contributed by atoms with Gasteiger partial charge in [0.15, 0.2) is 5.82 Å². The highest BCUT2D eigenvalue weighted by atomic mass is 35.5. The molecule has 0 aliphatic heterocycles. The third-order valence-electron chi connectivity index (χ3n) is 3.93. The Morgan fingerprint density at radius 1 is 1.03 bits per heavy atom. The fraction of sp³-hybridized carbons (Fsp3) is 0.250. The third kappa shape index (κ3) is 6.37. The number of benzene rings is 2. The summed E-state index contributed by atoms with van der Waals surface area (Å²) in [6.45, 7) is 3.93. The Kier molecular flexibility index (Phi) is 6.95. The SMILES string of the molecule is CC(C)Nc1nc(C(Cc2ccc(Cl)cc2)NC(=O)Nc2ccc(Cl)cc2)no1. The molecule has 0 aliphatic rings. The van der Waals surface area contributed by atoms with E-state index in [2.05, 4.69) is 26.1 Å². The lowest BCUT2D eigenvalue weighted by Crippen LogP contribution is -2.34. The van der Waals surface area contributed by atoms with Gasteiger partial charge in [0.25, 0.3) is 0 Å². The lowest BCUT2D eigenvalue weighted by Gasteiger charge is -2.16. The number of nitrogens with one attached hydrogen (secondary N) is 3. The highest BCUT2D eigenvalue weighted by molar-refractivity contribution is 6.30. The molecule has 7 nitrogen and oxygen atoms in total. The molecule has 0 aliphatic carbocycles. The number of hydrogen-bond acceptors (Lipinski definition) is 5. The second kappa shape index (κ2) is 9.62. The van der Waals surface area contributed by atoms with Crippen molar-refractivity contribution in [1.29, 1.82) is 0 Å².